The summed E-state index contributed by atoms with van der Waals surface area (Å²) in [5.74, 6) is 0. The number of rotatable bonds is 1. The summed E-state index contributed by atoms with van der Waals surface area (Å²) < 4.78 is 0. The SMILES string of the molecule is Cc1[nH]c(C(C)O)c(C)c1C. The van der Waals surface area contributed by atoms with Crippen molar-refractivity contribution in [1.29, 1.82) is 0 Å². The van der Waals surface area contributed by atoms with E-state index in [9.17, 15) is 5.11 Å². The van der Waals surface area contributed by atoms with Gasteiger partial charge in [-0.05, 0) is 38.8 Å². The molecular weight excluding hydrogens is 138 g/mol. The summed E-state index contributed by atoms with van der Waals surface area (Å²) in [6.45, 7) is 7.89. The van der Waals surface area contributed by atoms with E-state index < -0.39 is 0 Å². The molecule has 0 radical (unpaired) electrons. The average Bonchev–Trinajstić information content (AvgIpc) is 2.17. The van der Waals surface area contributed by atoms with Crippen LogP contribution in [-0.4, -0.2) is 10.1 Å². The van der Waals surface area contributed by atoms with Crippen molar-refractivity contribution < 1.29 is 5.11 Å². The molecule has 1 aromatic heterocycles. The summed E-state index contributed by atoms with van der Waals surface area (Å²) in [7, 11) is 0. The highest BCUT2D eigenvalue weighted by molar-refractivity contribution is 5.34. The van der Waals surface area contributed by atoms with Gasteiger partial charge in [0.2, 0.25) is 0 Å². The molecule has 0 amide bonds. The molecule has 0 bridgehead atoms. The molecule has 62 valence electrons. The van der Waals surface area contributed by atoms with E-state index >= 15 is 0 Å². The second-order valence-electron chi connectivity index (χ2n) is 3.09. The lowest BCUT2D eigenvalue weighted by Crippen LogP contribution is -1.93. The molecule has 1 aromatic rings. The van der Waals surface area contributed by atoms with Crippen LogP contribution in [0, 0.1) is 20.8 Å². The number of H-pyrrole nitrogens is 1. The topological polar surface area (TPSA) is 36.0 Å². The van der Waals surface area contributed by atoms with Crippen molar-refractivity contribution in [2.75, 3.05) is 0 Å². The molecule has 0 aliphatic rings. The fraction of sp³-hybridized carbons (Fsp3) is 0.556. The molecule has 0 aromatic carbocycles. The van der Waals surface area contributed by atoms with Crippen LogP contribution in [0.5, 0.6) is 0 Å². The molecule has 0 saturated carbocycles. The Morgan fingerprint density at radius 3 is 1.91 bits per heavy atom. The number of aromatic nitrogens is 1. The summed E-state index contributed by atoms with van der Waals surface area (Å²) in [6, 6.07) is 0. The lowest BCUT2D eigenvalue weighted by Gasteiger charge is -2.01. The van der Waals surface area contributed by atoms with Gasteiger partial charge in [0.1, 0.15) is 0 Å². The van der Waals surface area contributed by atoms with Crippen LogP contribution in [0.25, 0.3) is 0 Å². The molecule has 2 N–H and O–H groups in total. The fourth-order valence-electron chi connectivity index (χ4n) is 1.29. The van der Waals surface area contributed by atoms with E-state index in [4.69, 9.17) is 0 Å². The third-order valence-corrected chi connectivity index (χ3v) is 2.27. The van der Waals surface area contributed by atoms with Gasteiger partial charge in [-0.3, -0.25) is 0 Å². The Labute approximate surface area is 67.3 Å². The van der Waals surface area contributed by atoms with Gasteiger partial charge in [-0.15, -0.1) is 0 Å². The first-order valence-corrected chi connectivity index (χ1v) is 3.87. The van der Waals surface area contributed by atoms with Gasteiger partial charge in [0.25, 0.3) is 0 Å². The summed E-state index contributed by atoms with van der Waals surface area (Å²) in [5, 5.41) is 9.31. The minimum Gasteiger partial charge on any atom is -0.387 e. The quantitative estimate of drug-likeness (QED) is 0.636. The van der Waals surface area contributed by atoms with Gasteiger partial charge < -0.3 is 10.1 Å². The maximum Gasteiger partial charge on any atom is 0.0912 e. The minimum atomic E-state index is -0.387. The lowest BCUT2D eigenvalue weighted by atomic mass is 10.1. The first-order chi connectivity index (χ1) is 5.04. The lowest BCUT2D eigenvalue weighted by molar-refractivity contribution is 0.194. The van der Waals surface area contributed by atoms with E-state index in [-0.39, 0.29) is 6.10 Å². The largest absolute Gasteiger partial charge is 0.387 e. The van der Waals surface area contributed by atoms with Crippen LogP contribution in [-0.2, 0) is 0 Å². The molecule has 0 fully saturated rings. The van der Waals surface area contributed by atoms with E-state index in [1.165, 1.54) is 11.1 Å². The second kappa shape index (κ2) is 2.70. The maximum absolute atomic E-state index is 9.31. The predicted octanol–water partition coefficient (Wildman–Crippen LogP) is 1.99. The number of aliphatic hydroxyl groups is 1. The van der Waals surface area contributed by atoms with Crippen molar-refractivity contribution in [3.63, 3.8) is 0 Å². The molecule has 1 rings (SSSR count). The monoisotopic (exact) mass is 153 g/mol. The Morgan fingerprint density at radius 2 is 1.73 bits per heavy atom. The van der Waals surface area contributed by atoms with Crippen LogP contribution in [0.3, 0.4) is 0 Å². The van der Waals surface area contributed by atoms with E-state index in [1.54, 1.807) is 6.92 Å². The number of hydrogen-bond donors (Lipinski definition) is 2. The molecule has 1 heterocycles. The van der Waals surface area contributed by atoms with Crippen molar-refractivity contribution in [2.24, 2.45) is 0 Å². The minimum absolute atomic E-state index is 0.387. The van der Waals surface area contributed by atoms with Gasteiger partial charge in [-0.25, -0.2) is 0 Å². The number of nitrogens with one attached hydrogen (secondary N) is 1. The fourth-order valence-corrected chi connectivity index (χ4v) is 1.29. The normalized spacial score (nSPS) is 13.5. The molecule has 0 saturated heterocycles. The molecule has 11 heavy (non-hydrogen) atoms. The van der Waals surface area contributed by atoms with Crippen molar-refractivity contribution in [3.8, 4) is 0 Å². The van der Waals surface area contributed by atoms with Crippen molar-refractivity contribution in [2.45, 2.75) is 33.8 Å². The van der Waals surface area contributed by atoms with Crippen LogP contribution in [0.2, 0.25) is 0 Å². The number of aliphatic hydroxyl groups excluding tert-OH is 1. The summed E-state index contributed by atoms with van der Waals surface area (Å²) in [5.41, 5.74) is 4.52. The highest BCUT2D eigenvalue weighted by atomic mass is 16.3. The molecule has 2 nitrogen and oxygen atoms in total. The Balaban J connectivity index is 3.19. The number of hydrogen-bond acceptors (Lipinski definition) is 1. The van der Waals surface area contributed by atoms with Crippen LogP contribution in [0.1, 0.15) is 35.5 Å². The van der Waals surface area contributed by atoms with Crippen molar-refractivity contribution in [1.82, 2.24) is 4.98 Å². The first-order valence-electron chi connectivity index (χ1n) is 3.87. The van der Waals surface area contributed by atoms with Crippen LogP contribution in [0.4, 0.5) is 0 Å². The van der Waals surface area contributed by atoms with Gasteiger partial charge in [0, 0.05) is 11.4 Å². The van der Waals surface area contributed by atoms with Gasteiger partial charge >= 0.3 is 0 Å². The maximum atomic E-state index is 9.31. The molecular formula is C9H15NO. The summed E-state index contributed by atoms with van der Waals surface area (Å²) >= 11 is 0. The summed E-state index contributed by atoms with van der Waals surface area (Å²) in [4.78, 5) is 3.16. The molecule has 2 heteroatoms. The standard InChI is InChI=1S/C9H15NO/c1-5-6(2)9(8(4)11)10-7(5)3/h8,10-11H,1-4H3. The van der Waals surface area contributed by atoms with Crippen molar-refractivity contribution in [3.05, 3.63) is 22.5 Å². The Bertz CT molecular complexity index is 261. The van der Waals surface area contributed by atoms with Crippen LogP contribution >= 0.6 is 0 Å². The second-order valence-corrected chi connectivity index (χ2v) is 3.09. The summed E-state index contributed by atoms with van der Waals surface area (Å²) in [6.07, 6.45) is -0.387. The van der Waals surface area contributed by atoms with Gasteiger partial charge in [-0.1, -0.05) is 0 Å². The highest BCUT2D eigenvalue weighted by Crippen LogP contribution is 2.21. The zero-order valence-electron chi connectivity index (χ0n) is 7.52. The van der Waals surface area contributed by atoms with Gasteiger partial charge in [0.05, 0.1) is 6.10 Å². The third kappa shape index (κ3) is 1.31. The molecule has 0 aliphatic carbocycles. The van der Waals surface area contributed by atoms with E-state index in [2.05, 4.69) is 11.9 Å². The van der Waals surface area contributed by atoms with Gasteiger partial charge in [-0.2, -0.15) is 0 Å². The first kappa shape index (κ1) is 8.34. The smallest absolute Gasteiger partial charge is 0.0912 e. The number of aromatic amines is 1. The van der Waals surface area contributed by atoms with E-state index in [1.807, 2.05) is 13.8 Å². The highest BCUT2D eigenvalue weighted by Gasteiger charge is 2.10. The Kier molecular flexibility index (Phi) is 2.05. The van der Waals surface area contributed by atoms with E-state index in [0.29, 0.717) is 0 Å². The molecule has 1 unspecified atom stereocenters. The zero-order chi connectivity index (χ0) is 8.59. The van der Waals surface area contributed by atoms with Gasteiger partial charge in [0.15, 0.2) is 0 Å². The molecule has 1 atom stereocenters. The van der Waals surface area contributed by atoms with Crippen LogP contribution in [0.15, 0.2) is 0 Å². The Hall–Kier alpha value is -0.760. The van der Waals surface area contributed by atoms with Crippen LogP contribution < -0.4 is 0 Å². The Morgan fingerprint density at radius 1 is 1.18 bits per heavy atom. The molecule has 0 aliphatic heterocycles. The van der Waals surface area contributed by atoms with Crippen molar-refractivity contribution >= 4 is 0 Å². The number of aryl methyl sites for hydroxylation is 1. The third-order valence-electron chi connectivity index (χ3n) is 2.27. The molecule has 0 spiro atoms. The van der Waals surface area contributed by atoms with E-state index in [0.717, 1.165) is 11.4 Å². The predicted molar refractivity (Wildman–Crippen MR) is 45.6 cm³/mol. The zero-order valence-corrected chi connectivity index (χ0v) is 7.52. The average molecular weight is 153 g/mol.